The predicted molar refractivity (Wildman–Crippen MR) is 55.0 cm³/mol. The van der Waals surface area contributed by atoms with Crippen LogP contribution in [-0.2, 0) is 6.54 Å². The Morgan fingerprint density at radius 1 is 1.50 bits per heavy atom. The van der Waals surface area contributed by atoms with Gasteiger partial charge in [-0.25, -0.2) is 0 Å². The summed E-state index contributed by atoms with van der Waals surface area (Å²) < 4.78 is 5.25. The normalized spacial score (nSPS) is 10.9. The van der Waals surface area contributed by atoms with Crippen LogP contribution >= 0.6 is 0 Å². The zero-order valence-corrected chi connectivity index (χ0v) is 8.75. The van der Waals surface area contributed by atoms with Gasteiger partial charge in [-0.2, -0.15) is 0 Å². The van der Waals surface area contributed by atoms with Crippen LogP contribution in [0.15, 0.2) is 16.5 Å². The molecule has 0 saturated heterocycles. The minimum atomic E-state index is 0.0680. The van der Waals surface area contributed by atoms with Crippen LogP contribution in [0.5, 0.6) is 0 Å². The van der Waals surface area contributed by atoms with Crippen molar-refractivity contribution in [2.45, 2.75) is 33.2 Å². The van der Waals surface area contributed by atoms with Crippen molar-refractivity contribution in [2.24, 2.45) is 11.7 Å². The van der Waals surface area contributed by atoms with E-state index in [2.05, 4.69) is 13.8 Å². The van der Waals surface area contributed by atoms with Crippen molar-refractivity contribution in [2.75, 3.05) is 0 Å². The van der Waals surface area contributed by atoms with Crippen molar-refractivity contribution < 1.29 is 9.21 Å². The quantitative estimate of drug-likeness (QED) is 0.734. The number of carbonyl (C=O) groups excluding carboxylic acids is 1. The fraction of sp³-hybridized carbons (Fsp3) is 0.545. The number of carbonyl (C=O) groups is 1. The Kier molecular flexibility index (Phi) is 3.89. The largest absolute Gasteiger partial charge is 0.457 e. The van der Waals surface area contributed by atoms with Crippen molar-refractivity contribution >= 4 is 5.78 Å². The van der Waals surface area contributed by atoms with E-state index in [1.165, 1.54) is 0 Å². The van der Waals surface area contributed by atoms with E-state index in [1.54, 1.807) is 12.1 Å². The number of hydrogen-bond donors (Lipinski definition) is 1. The summed E-state index contributed by atoms with van der Waals surface area (Å²) in [7, 11) is 0. The predicted octanol–water partition coefficient (Wildman–Crippen LogP) is 2.36. The van der Waals surface area contributed by atoms with Crippen molar-refractivity contribution in [1.82, 2.24) is 0 Å². The molecular formula is C11H17NO2. The standard InChI is InChI=1S/C11H17NO2/c1-8(2)3-5-10(13)11-6-4-9(7-12)14-11/h4,6,8H,3,5,7,12H2,1-2H3. The van der Waals surface area contributed by atoms with Gasteiger partial charge in [-0.15, -0.1) is 0 Å². The van der Waals surface area contributed by atoms with E-state index in [1.807, 2.05) is 0 Å². The molecule has 0 unspecified atom stereocenters. The number of hydrogen-bond acceptors (Lipinski definition) is 3. The smallest absolute Gasteiger partial charge is 0.198 e. The van der Waals surface area contributed by atoms with E-state index in [-0.39, 0.29) is 5.78 Å². The summed E-state index contributed by atoms with van der Waals surface area (Å²) in [5.41, 5.74) is 5.38. The van der Waals surface area contributed by atoms with Crippen LogP contribution in [0.2, 0.25) is 0 Å². The SMILES string of the molecule is CC(C)CCC(=O)c1ccc(CN)o1. The highest BCUT2D eigenvalue weighted by Crippen LogP contribution is 2.13. The molecule has 0 aliphatic heterocycles. The summed E-state index contributed by atoms with van der Waals surface area (Å²) >= 11 is 0. The molecular weight excluding hydrogens is 178 g/mol. The molecule has 78 valence electrons. The van der Waals surface area contributed by atoms with Gasteiger partial charge in [-0.3, -0.25) is 4.79 Å². The Labute approximate surface area is 84.3 Å². The van der Waals surface area contributed by atoms with Gasteiger partial charge in [0.2, 0.25) is 0 Å². The highest BCUT2D eigenvalue weighted by atomic mass is 16.3. The fourth-order valence-corrected chi connectivity index (χ4v) is 1.18. The molecule has 0 radical (unpaired) electrons. The minimum Gasteiger partial charge on any atom is -0.457 e. The first-order chi connectivity index (χ1) is 6.63. The maximum Gasteiger partial charge on any atom is 0.198 e. The third-order valence-corrected chi connectivity index (χ3v) is 2.09. The summed E-state index contributed by atoms with van der Waals surface area (Å²) in [4.78, 5) is 11.5. The highest BCUT2D eigenvalue weighted by Gasteiger charge is 2.10. The van der Waals surface area contributed by atoms with E-state index in [0.717, 1.165) is 6.42 Å². The van der Waals surface area contributed by atoms with E-state index < -0.39 is 0 Å². The fourth-order valence-electron chi connectivity index (χ4n) is 1.18. The first-order valence-corrected chi connectivity index (χ1v) is 4.95. The maximum atomic E-state index is 11.5. The van der Waals surface area contributed by atoms with Gasteiger partial charge in [0, 0.05) is 6.42 Å². The van der Waals surface area contributed by atoms with E-state index in [4.69, 9.17) is 10.2 Å². The molecule has 1 aromatic rings. The summed E-state index contributed by atoms with van der Waals surface area (Å²) in [6, 6.07) is 3.45. The van der Waals surface area contributed by atoms with Crippen molar-refractivity contribution in [3.63, 3.8) is 0 Å². The van der Waals surface area contributed by atoms with Crippen molar-refractivity contribution in [1.29, 1.82) is 0 Å². The third-order valence-electron chi connectivity index (χ3n) is 2.09. The molecule has 1 rings (SSSR count). The first-order valence-electron chi connectivity index (χ1n) is 4.95. The summed E-state index contributed by atoms with van der Waals surface area (Å²) in [5.74, 6) is 1.71. The summed E-state index contributed by atoms with van der Waals surface area (Å²) in [6.07, 6.45) is 1.45. The molecule has 3 heteroatoms. The molecule has 2 N–H and O–H groups in total. The second-order valence-corrected chi connectivity index (χ2v) is 3.83. The molecule has 0 bridgehead atoms. The number of Topliss-reactive ketones (excluding diaryl/α,β-unsaturated/α-hetero) is 1. The van der Waals surface area contributed by atoms with Crippen LogP contribution in [-0.4, -0.2) is 5.78 Å². The van der Waals surface area contributed by atoms with Gasteiger partial charge < -0.3 is 10.2 Å². The molecule has 0 spiro atoms. The molecule has 0 aliphatic carbocycles. The number of furan rings is 1. The molecule has 0 atom stereocenters. The van der Waals surface area contributed by atoms with Gasteiger partial charge in [0.1, 0.15) is 5.76 Å². The minimum absolute atomic E-state index is 0.0680. The zero-order valence-electron chi connectivity index (χ0n) is 8.75. The van der Waals surface area contributed by atoms with Crippen LogP contribution in [0, 0.1) is 5.92 Å². The summed E-state index contributed by atoms with van der Waals surface area (Å²) in [5, 5.41) is 0. The molecule has 0 amide bonds. The molecule has 0 fully saturated rings. The lowest BCUT2D eigenvalue weighted by atomic mass is 10.1. The maximum absolute atomic E-state index is 11.5. The lowest BCUT2D eigenvalue weighted by molar-refractivity contribution is 0.0947. The highest BCUT2D eigenvalue weighted by molar-refractivity contribution is 5.93. The van der Waals surface area contributed by atoms with Gasteiger partial charge in [0.05, 0.1) is 6.54 Å². The van der Waals surface area contributed by atoms with Gasteiger partial charge in [-0.05, 0) is 24.5 Å². The van der Waals surface area contributed by atoms with Gasteiger partial charge in [0.25, 0.3) is 0 Å². The van der Waals surface area contributed by atoms with Crippen LogP contribution in [0.3, 0.4) is 0 Å². The second-order valence-electron chi connectivity index (χ2n) is 3.83. The molecule has 0 saturated carbocycles. The lowest BCUT2D eigenvalue weighted by Crippen LogP contribution is -2.00. The van der Waals surface area contributed by atoms with Crippen LogP contribution in [0.4, 0.5) is 0 Å². The van der Waals surface area contributed by atoms with Crippen LogP contribution in [0.25, 0.3) is 0 Å². The number of ketones is 1. The van der Waals surface area contributed by atoms with Crippen LogP contribution < -0.4 is 5.73 Å². The lowest BCUT2D eigenvalue weighted by Gasteiger charge is -2.01. The Bertz CT molecular complexity index is 302. The average Bonchev–Trinajstić information content (AvgIpc) is 2.62. The Balaban J connectivity index is 2.52. The average molecular weight is 195 g/mol. The van der Waals surface area contributed by atoms with Crippen molar-refractivity contribution in [3.8, 4) is 0 Å². The van der Waals surface area contributed by atoms with E-state index in [0.29, 0.717) is 30.4 Å². The Morgan fingerprint density at radius 2 is 2.21 bits per heavy atom. The number of rotatable bonds is 5. The van der Waals surface area contributed by atoms with Crippen LogP contribution in [0.1, 0.15) is 43.0 Å². The zero-order chi connectivity index (χ0) is 10.6. The number of nitrogens with two attached hydrogens (primary N) is 1. The molecule has 3 nitrogen and oxygen atoms in total. The summed E-state index contributed by atoms with van der Waals surface area (Å²) in [6.45, 7) is 4.54. The topological polar surface area (TPSA) is 56.2 Å². The monoisotopic (exact) mass is 195 g/mol. The Morgan fingerprint density at radius 3 is 2.71 bits per heavy atom. The van der Waals surface area contributed by atoms with E-state index >= 15 is 0 Å². The molecule has 0 aliphatic rings. The third kappa shape index (κ3) is 3.00. The first kappa shape index (κ1) is 11.0. The molecule has 0 aromatic carbocycles. The van der Waals surface area contributed by atoms with Gasteiger partial charge >= 0.3 is 0 Å². The second kappa shape index (κ2) is 4.96. The van der Waals surface area contributed by atoms with Gasteiger partial charge in [0.15, 0.2) is 11.5 Å². The van der Waals surface area contributed by atoms with Crippen molar-refractivity contribution in [3.05, 3.63) is 23.7 Å². The van der Waals surface area contributed by atoms with E-state index in [9.17, 15) is 4.79 Å². The molecule has 14 heavy (non-hydrogen) atoms. The van der Waals surface area contributed by atoms with Gasteiger partial charge in [-0.1, -0.05) is 13.8 Å². The Hall–Kier alpha value is -1.09. The molecule has 1 aromatic heterocycles. The molecule has 1 heterocycles.